The van der Waals surface area contributed by atoms with E-state index in [2.05, 4.69) is 30.1 Å². The Morgan fingerprint density at radius 1 is 0.688 bits per heavy atom. The topological polar surface area (TPSA) is 0 Å². The molecule has 16 heavy (non-hydrogen) atoms. The molecule has 2 heteroatoms. The molecule has 0 fully saturated rings. The van der Waals surface area contributed by atoms with Crippen LogP contribution in [-0.4, -0.2) is 12.6 Å². The van der Waals surface area contributed by atoms with Gasteiger partial charge in [0.2, 0.25) is 0 Å². The summed E-state index contributed by atoms with van der Waals surface area (Å²) >= 11 is 3.47. The lowest BCUT2D eigenvalue weighted by Gasteiger charge is -2.01. The van der Waals surface area contributed by atoms with Crippen molar-refractivity contribution < 1.29 is 0 Å². The summed E-state index contributed by atoms with van der Waals surface area (Å²) in [5.74, 6) is 0. The molecule has 0 aromatic heterocycles. The van der Waals surface area contributed by atoms with Crippen LogP contribution in [0.1, 0.15) is 71.1 Å². The first kappa shape index (κ1) is 16.5. The lowest BCUT2D eigenvalue weighted by Crippen LogP contribution is -1.90. The number of unbranched alkanes of at least 4 members (excludes halogenated alkanes) is 8. The van der Waals surface area contributed by atoms with E-state index in [0.717, 1.165) is 0 Å². The maximum atomic E-state index is 3.47. The fraction of sp³-hybridized carbons (Fsp3) is 1.00. The minimum absolute atomic E-state index is 1.18. The number of rotatable bonds is 13. The molecule has 0 atom stereocenters. The fourth-order valence-corrected chi connectivity index (χ4v) is 2.35. The third kappa shape index (κ3) is 14.5. The van der Waals surface area contributed by atoms with Crippen molar-refractivity contribution in [2.75, 3.05) is 5.33 Å². The SMILES string of the molecule is CCCCCCCC[B]CCCCCCBr. The van der Waals surface area contributed by atoms with E-state index in [1.807, 2.05) is 0 Å². The highest BCUT2D eigenvalue weighted by molar-refractivity contribution is 9.09. The molecule has 0 unspecified atom stereocenters. The summed E-state index contributed by atoms with van der Waals surface area (Å²) in [7, 11) is 2.51. The van der Waals surface area contributed by atoms with Crippen molar-refractivity contribution in [2.45, 2.75) is 83.8 Å². The highest BCUT2D eigenvalue weighted by atomic mass is 79.9. The Kier molecular flexibility index (Phi) is 16.1. The molecule has 0 amide bonds. The Morgan fingerprint density at radius 2 is 1.19 bits per heavy atom. The predicted molar refractivity (Wildman–Crippen MR) is 81.0 cm³/mol. The number of halogens is 1. The summed E-state index contributed by atoms with van der Waals surface area (Å²) in [5.41, 5.74) is 0. The van der Waals surface area contributed by atoms with Crippen molar-refractivity contribution in [1.29, 1.82) is 0 Å². The third-order valence-corrected chi connectivity index (χ3v) is 3.61. The molecule has 95 valence electrons. The maximum absolute atomic E-state index is 3.47. The van der Waals surface area contributed by atoms with Gasteiger partial charge in [0, 0.05) is 5.33 Å². The molecule has 0 heterocycles. The lowest BCUT2D eigenvalue weighted by atomic mass is 9.68. The monoisotopic (exact) mass is 287 g/mol. The van der Waals surface area contributed by atoms with Crippen LogP contribution in [0.2, 0.25) is 12.6 Å². The van der Waals surface area contributed by atoms with Crippen LogP contribution in [0, 0.1) is 0 Å². The maximum Gasteiger partial charge on any atom is 0.109 e. The molecule has 0 rings (SSSR count). The quantitative estimate of drug-likeness (QED) is 0.227. The summed E-state index contributed by atoms with van der Waals surface area (Å²) in [6.07, 6.45) is 16.8. The van der Waals surface area contributed by atoms with Crippen LogP contribution in [0.25, 0.3) is 0 Å². The fourth-order valence-electron chi connectivity index (χ4n) is 1.95. The molecule has 0 bridgehead atoms. The van der Waals surface area contributed by atoms with Crippen LogP contribution in [-0.2, 0) is 0 Å². The van der Waals surface area contributed by atoms with E-state index in [0.29, 0.717) is 0 Å². The zero-order chi connectivity index (χ0) is 11.9. The van der Waals surface area contributed by atoms with Crippen molar-refractivity contribution in [3.05, 3.63) is 0 Å². The molecule has 1 radical (unpaired) electrons. The first-order valence-electron chi connectivity index (χ1n) is 7.29. The molecule has 0 saturated heterocycles. The molecule has 0 spiro atoms. The van der Waals surface area contributed by atoms with Gasteiger partial charge in [-0.2, -0.15) is 0 Å². The average Bonchev–Trinajstić information content (AvgIpc) is 2.31. The second-order valence-corrected chi connectivity index (χ2v) is 5.53. The molecular weight excluding hydrogens is 259 g/mol. The molecule has 0 aliphatic heterocycles. The van der Waals surface area contributed by atoms with Crippen LogP contribution in [0.5, 0.6) is 0 Å². The van der Waals surface area contributed by atoms with Crippen molar-refractivity contribution in [3.8, 4) is 0 Å². The summed E-state index contributed by atoms with van der Waals surface area (Å²) in [5, 5.41) is 1.18. The summed E-state index contributed by atoms with van der Waals surface area (Å²) < 4.78 is 0. The Labute approximate surface area is 112 Å². The molecule has 0 aliphatic carbocycles. The van der Waals surface area contributed by atoms with Gasteiger partial charge in [0.25, 0.3) is 0 Å². The van der Waals surface area contributed by atoms with Gasteiger partial charge in [0.05, 0.1) is 0 Å². The molecule has 0 saturated carbocycles. The Hall–Kier alpha value is 0.545. The molecule has 0 aromatic rings. The second kappa shape index (κ2) is 15.5. The van der Waals surface area contributed by atoms with Crippen molar-refractivity contribution >= 4 is 23.2 Å². The number of alkyl halides is 1. The molecule has 0 nitrogen and oxygen atoms in total. The largest absolute Gasteiger partial charge is 0.109 e. The van der Waals surface area contributed by atoms with E-state index in [9.17, 15) is 0 Å². The van der Waals surface area contributed by atoms with Gasteiger partial charge in [-0.1, -0.05) is 93.3 Å². The first-order valence-corrected chi connectivity index (χ1v) is 8.41. The van der Waals surface area contributed by atoms with Crippen LogP contribution in [0.4, 0.5) is 0 Å². The zero-order valence-electron chi connectivity index (χ0n) is 11.1. The predicted octanol–water partition coefficient (Wildman–Crippen LogP) is 5.84. The normalized spacial score (nSPS) is 10.6. The van der Waals surface area contributed by atoms with E-state index >= 15 is 0 Å². The average molecular weight is 288 g/mol. The van der Waals surface area contributed by atoms with Gasteiger partial charge in [-0.05, 0) is 6.42 Å². The second-order valence-electron chi connectivity index (χ2n) is 4.74. The lowest BCUT2D eigenvalue weighted by molar-refractivity contribution is 0.623. The van der Waals surface area contributed by atoms with E-state index in [4.69, 9.17) is 0 Å². The number of hydrogen-bond acceptors (Lipinski definition) is 0. The molecule has 0 aliphatic rings. The van der Waals surface area contributed by atoms with Crippen LogP contribution < -0.4 is 0 Å². The Morgan fingerprint density at radius 3 is 1.75 bits per heavy atom. The van der Waals surface area contributed by atoms with E-state index in [-0.39, 0.29) is 0 Å². The molecule has 0 aromatic carbocycles. The van der Waals surface area contributed by atoms with Crippen molar-refractivity contribution in [3.63, 3.8) is 0 Å². The third-order valence-electron chi connectivity index (χ3n) is 3.05. The Balaban J connectivity index is 2.83. The van der Waals surface area contributed by atoms with Crippen LogP contribution >= 0.6 is 15.9 Å². The van der Waals surface area contributed by atoms with Gasteiger partial charge in [-0.25, -0.2) is 0 Å². The smallest absolute Gasteiger partial charge is 0.0928 e. The minimum Gasteiger partial charge on any atom is -0.0928 e. The van der Waals surface area contributed by atoms with Gasteiger partial charge in [-0.15, -0.1) is 0 Å². The standard InChI is InChI=1S/C14H29BBr/c1-2-3-4-5-6-9-12-15-13-10-7-8-11-14-16/h2-14H2,1H3. The Bertz CT molecular complexity index is 103. The minimum atomic E-state index is 1.18. The van der Waals surface area contributed by atoms with E-state index in [1.165, 1.54) is 82.2 Å². The van der Waals surface area contributed by atoms with Crippen molar-refractivity contribution in [1.82, 2.24) is 0 Å². The molecular formula is C14H29BBr. The van der Waals surface area contributed by atoms with Crippen LogP contribution in [0.3, 0.4) is 0 Å². The van der Waals surface area contributed by atoms with E-state index in [1.54, 1.807) is 0 Å². The van der Waals surface area contributed by atoms with Gasteiger partial charge in [0.15, 0.2) is 0 Å². The molecule has 0 N–H and O–H groups in total. The summed E-state index contributed by atoms with van der Waals surface area (Å²) in [6, 6.07) is 0. The van der Waals surface area contributed by atoms with Gasteiger partial charge < -0.3 is 0 Å². The van der Waals surface area contributed by atoms with E-state index < -0.39 is 0 Å². The number of hydrogen-bond donors (Lipinski definition) is 0. The van der Waals surface area contributed by atoms with Crippen molar-refractivity contribution in [2.24, 2.45) is 0 Å². The van der Waals surface area contributed by atoms with Gasteiger partial charge in [-0.3, -0.25) is 0 Å². The highest BCUT2D eigenvalue weighted by Gasteiger charge is 1.94. The summed E-state index contributed by atoms with van der Waals surface area (Å²) in [4.78, 5) is 0. The van der Waals surface area contributed by atoms with Gasteiger partial charge in [0.1, 0.15) is 7.28 Å². The van der Waals surface area contributed by atoms with Crippen LogP contribution in [0.15, 0.2) is 0 Å². The highest BCUT2D eigenvalue weighted by Crippen LogP contribution is 2.09. The van der Waals surface area contributed by atoms with Gasteiger partial charge >= 0.3 is 0 Å². The first-order chi connectivity index (χ1) is 7.91. The zero-order valence-corrected chi connectivity index (χ0v) is 12.7. The summed E-state index contributed by atoms with van der Waals surface area (Å²) in [6.45, 7) is 2.28.